The van der Waals surface area contributed by atoms with Gasteiger partial charge in [0.1, 0.15) is 0 Å². The molecule has 0 saturated carbocycles. The summed E-state index contributed by atoms with van der Waals surface area (Å²) >= 11 is 0. The normalized spacial score (nSPS) is 14.0. The Hall–Kier alpha value is -1.87. The first-order chi connectivity index (χ1) is 12.2. The van der Waals surface area contributed by atoms with Crippen molar-refractivity contribution < 1.29 is 15.0 Å². The molecule has 0 aromatic rings. The molecule has 0 aliphatic heterocycles. The van der Waals surface area contributed by atoms with Crippen molar-refractivity contribution in [1.82, 2.24) is 0 Å². The van der Waals surface area contributed by atoms with Crippen LogP contribution in [-0.4, -0.2) is 22.3 Å². The van der Waals surface area contributed by atoms with Gasteiger partial charge in [0.15, 0.2) is 0 Å². The summed E-state index contributed by atoms with van der Waals surface area (Å²) in [6.45, 7) is 2.08. The molecule has 0 spiro atoms. The number of rotatable bonds is 15. The van der Waals surface area contributed by atoms with Gasteiger partial charge >= 0.3 is 5.97 Å². The second-order valence-electron chi connectivity index (χ2n) is 5.92. The molecule has 0 saturated heterocycles. The van der Waals surface area contributed by atoms with E-state index in [1.165, 1.54) is 0 Å². The van der Waals surface area contributed by atoms with Gasteiger partial charge < -0.3 is 10.2 Å². The summed E-state index contributed by atoms with van der Waals surface area (Å²) in [5, 5.41) is 18.2. The lowest BCUT2D eigenvalue weighted by atomic mass is 10.1. The first-order valence-corrected chi connectivity index (χ1v) is 9.36. The third-order valence-electron chi connectivity index (χ3n) is 3.51. The third-order valence-corrected chi connectivity index (χ3v) is 3.51. The van der Waals surface area contributed by atoms with Gasteiger partial charge in [0.2, 0.25) is 0 Å². The summed E-state index contributed by atoms with van der Waals surface area (Å²) in [7, 11) is 0. The van der Waals surface area contributed by atoms with Crippen LogP contribution in [-0.2, 0) is 4.79 Å². The average Bonchev–Trinajstić information content (AvgIpc) is 2.58. The van der Waals surface area contributed by atoms with Crippen LogP contribution in [0.2, 0.25) is 0 Å². The third kappa shape index (κ3) is 20.1. The van der Waals surface area contributed by atoms with Crippen molar-refractivity contribution in [1.29, 1.82) is 0 Å². The lowest BCUT2D eigenvalue weighted by Crippen LogP contribution is -1.98. The van der Waals surface area contributed by atoms with Crippen molar-refractivity contribution in [2.75, 3.05) is 0 Å². The van der Waals surface area contributed by atoms with E-state index in [0.717, 1.165) is 44.9 Å². The van der Waals surface area contributed by atoms with Crippen LogP contribution in [0.5, 0.6) is 0 Å². The summed E-state index contributed by atoms with van der Waals surface area (Å²) in [6.07, 6.45) is 27.6. The van der Waals surface area contributed by atoms with Crippen LogP contribution in [0.15, 0.2) is 60.8 Å². The molecule has 0 heterocycles. The Kier molecular flexibility index (Phi) is 17.1. The number of hydrogen-bond acceptors (Lipinski definition) is 2. The quantitative estimate of drug-likeness (QED) is 0.226. The maximum absolute atomic E-state index is 10.4. The number of unbranched alkanes of at least 4 members (excludes halogenated alkanes) is 4. The van der Waals surface area contributed by atoms with E-state index in [-0.39, 0.29) is 6.42 Å². The smallest absolute Gasteiger partial charge is 0.303 e. The van der Waals surface area contributed by atoms with Crippen molar-refractivity contribution in [3.05, 3.63) is 60.8 Å². The highest BCUT2D eigenvalue weighted by Crippen LogP contribution is 2.04. The Labute approximate surface area is 153 Å². The molecule has 2 N–H and O–H groups in total. The largest absolute Gasteiger partial charge is 0.481 e. The van der Waals surface area contributed by atoms with Gasteiger partial charge in [-0.1, -0.05) is 74.1 Å². The molecule has 140 valence electrons. The molecule has 0 fully saturated rings. The number of allylic oxidation sites excluding steroid dienone is 8. The first-order valence-electron chi connectivity index (χ1n) is 9.36. The average molecular weight is 347 g/mol. The maximum Gasteiger partial charge on any atom is 0.303 e. The standard InChI is InChI=1S/C22H34O3/c1-2-3-15-18-21(23)19-16-13-11-9-7-5-4-6-8-10-12-14-17-20-22(24)25/h3,6-9,11,13,15-16,19,21,23H,2,4-5,10,12,14,17-18,20H2,1H3,(H,24,25)/b8-6-,9-7-,13-11-,15-3-,19-16+. The molecular formula is C22H34O3. The van der Waals surface area contributed by atoms with Crippen LogP contribution in [0.4, 0.5) is 0 Å². The summed E-state index contributed by atoms with van der Waals surface area (Å²) < 4.78 is 0. The Morgan fingerprint density at radius 3 is 2.32 bits per heavy atom. The molecule has 3 heteroatoms. The summed E-state index contributed by atoms with van der Waals surface area (Å²) in [6, 6.07) is 0. The molecule has 0 aliphatic carbocycles. The highest BCUT2D eigenvalue weighted by Gasteiger charge is 1.94. The lowest BCUT2D eigenvalue weighted by Gasteiger charge is -1.98. The molecule has 0 bridgehead atoms. The van der Waals surface area contributed by atoms with Crippen LogP contribution < -0.4 is 0 Å². The molecule has 1 atom stereocenters. The summed E-state index contributed by atoms with van der Waals surface area (Å²) in [5.74, 6) is -0.702. The minimum atomic E-state index is -0.702. The summed E-state index contributed by atoms with van der Waals surface area (Å²) in [5.41, 5.74) is 0. The second kappa shape index (κ2) is 18.5. The number of carboxylic acid groups (broad SMARTS) is 1. The van der Waals surface area contributed by atoms with E-state index in [2.05, 4.69) is 31.2 Å². The van der Waals surface area contributed by atoms with E-state index in [9.17, 15) is 9.90 Å². The van der Waals surface area contributed by atoms with Crippen molar-refractivity contribution >= 4 is 5.97 Å². The van der Waals surface area contributed by atoms with Crippen molar-refractivity contribution in [3.8, 4) is 0 Å². The fourth-order valence-electron chi connectivity index (χ4n) is 2.12. The number of aliphatic hydroxyl groups excluding tert-OH is 1. The fraction of sp³-hybridized carbons (Fsp3) is 0.500. The van der Waals surface area contributed by atoms with Gasteiger partial charge in [-0.2, -0.15) is 0 Å². The zero-order valence-electron chi connectivity index (χ0n) is 15.5. The van der Waals surface area contributed by atoms with Gasteiger partial charge in [0.05, 0.1) is 6.10 Å². The Bertz CT molecular complexity index is 456. The Balaban J connectivity index is 3.57. The maximum atomic E-state index is 10.4. The van der Waals surface area contributed by atoms with Crippen molar-refractivity contribution in [2.45, 2.75) is 70.8 Å². The molecule has 0 amide bonds. The monoisotopic (exact) mass is 346 g/mol. The minimum absolute atomic E-state index is 0.284. The van der Waals surface area contributed by atoms with Crippen LogP contribution in [0.1, 0.15) is 64.7 Å². The van der Waals surface area contributed by atoms with E-state index < -0.39 is 12.1 Å². The van der Waals surface area contributed by atoms with Gasteiger partial charge in [0.25, 0.3) is 0 Å². The first kappa shape index (κ1) is 23.1. The Morgan fingerprint density at radius 2 is 1.56 bits per heavy atom. The molecule has 0 aliphatic rings. The SMILES string of the molecule is CC/C=C\CC(O)/C=C/C=C\C=C/CC/C=C\CCCCCC(=O)O. The molecule has 1 unspecified atom stereocenters. The number of aliphatic carboxylic acids is 1. The molecule has 3 nitrogen and oxygen atoms in total. The van der Waals surface area contributed by atoms with E-state index in [0.29, 0.717) is 6.42 Å². The highest BCUT2D eigenvalue weighted by molar-refractivity contribution is 5.66. The van der Waals surface area contributed by atoms with Crippen molar-refractivity contribution in [2.24, 2.45) is 0 Å². The van der Waals surface area contributed by atoms with Crippen molar-refractivity contribution in [3.63, 3.8) is 0 Å². The number of hydrogen-bond donors (Lipinski definition) is 2. The topological polar surface area (TPSA) is 57.5 Å². The fourth-order valence-corrected chi connectivity index (χ4v) is 2.12. The van der Waals surface area contributed by atoms with Crippen LogP contribution >= 0.6 is 0 Å². The van der Waals surface area contributed by atoms with Gasteiger partial charge in [-0.3, -0.25) is 4.79 Å². The molecule has 25 heavy (non-hydrogen) atoms. The molecule has 0 radical (unpaired) electrons. The molecule has 0 rings (SSSR count). The van der Waals surface area contributed by atoms with Gasteiger partial charge in [-0.05, 0) is 44.9 Å². The van der Waals surface area contributed by atoms with Crippen LogP contribution in [0.3, 0.4) is 0 Å². The number of carbonyl (C=O) groups is 1. The zero-order valence-corrected chi connectivity index (χ0v) is 15.5. The Morgan fingerprint density at radius 1 is 0.840 bits per heavy atom. The predicted octanol–water partition coefficient (Wildman–Crippen LogP) is 5.74. The number of aliphatic hydroxyl groups is 1. The van der Waals surface area contributed by atoms with E-state index in [1.807, 2.05) is 30.4 Å². The molecule has 0 aromatic heterocycles. The highest BCUT2D eigenvalue weighted by atomic mass is 16.4. The summed E-state index contributed by atoms with van der Waals surface area (Å²) in [4.78, 5) is 10.4. The predicted molar refractivity (Wildman–Crippen MR) is 107 cm³/mol. The zero-order chi connectivity index (χ0) is 18.6. The van der Waals surface area contributed by atoms with Crippen LogP contribution in [0, 0.1) is 0 Å². The number of carboxylic acids is 1. The minimum Gasteiger partial charge on any atom is -0.481 e. The molecular weight excluding hydrogens is 312 g/mol. The van der Waals surface area contributed by atoms with Crippen LogP contribution in [0.25, 0.3) is 0 Å². The van der Waals surface area contributed by atoms with Gasteiger partial charge in [-0.25, -0.2) is 0 Å². The van der Waals surface area contributed by atoms with Gasteiger partial charge in [0, 0.05) is 6.42 Å². The molecule has 0 aromatic carbocycles. The van der Waals surface area contributed by atoms with E-state index in [1.54, 1.807) is 6.08 Å². The second-order valence-corrected chi connectivity index (χ2v) is 5.92. The van der Waals surface area contributed by atoms with E-state index >= 15 is 0 Å². The van der Waals surface area contributed by atoms with Gasteiger partial charge in [-0.15, -0.1) is 0 Å². The lowest BCUT2D eigenvalue weighted by molar-refractivity contribution is -0.137. The van der Waals surface area contributed by atoms with E-state index in [4.69, 9.17) is 5.11 Å².